The second-order valence-corrected chi connectivity index (χ2v) is 8.26. The maximum atomic E-state index is 14.0. The van der Waals surface area contributed by atoms with E-state index in [4.69, 9.17) is 0 Å². The number of nitrogens with zero attached hydrogens (tertiary/aromatic N) is 5. The summed E-state index contributed by atoms with van der Waals surface area (Å²) in [6, 6.07) is 6.86. The standard InChI is InChI=1S/C21H27FN6O2/c1-14(2)12-28-17-18(25(3)21(30)24-19(17)29)23-20(28)27-10-8-26(9-11-27)13-15-6-4-5-7-16(15)22/h4-7,14H,8-13H2,1-3H3,(H,24,29,30). The molecular formula is C21H27FN6O2. The number of fused-ring (bicyclic) bond motifs is 1. The fourth-order valence-electron chi connectivity index (χ4n) is 3.98. The van der Waals surface area contributed by atoms with Gasteiger partial charge < -0.3 is 9.47 Å². The van der Waals surface area contributed by atoms with Crippen LogP contribution in [0.2, 0.25) is 0 Å². The number of aryl methyl sites for hydroxylation is 1. The summed E-state index contributed by atoms with van der Waals surface area (Å²) in [6.07, 6.45) is 0. The molecule has 0 saturated carbocycles. The Balaban J connectivity index is 1.61. The van der Waals surface area contributed by atoms with Crippen molar-refractivity contribution in [3.05, 3.63) is 56.5 Å². The van der Waals surface area contributed by atoms with E-state index >= 15 is 0 Å². The van der Waals surface area contributed by atoms with Gasteiger partial charge in [-0.1, -0.05) is 32.0 Å². The van der Waals surface area contributed by atoms with Gasteiger partial charge in [0.25, 0.3) is 5.56 Å². The largest absolute Gasteiger partial charge is 0.340 e. The van der Waals surface area contributed by atoms with Crippen LogP contribution in [0.15, 0.2) is 33.9 Å². The van der Waals surface area contributed by atoms with Gasteiger partial charge >= 0.3 is 5.69 Å². The highest BCUT2D eigenvalue weighted by Gasteiger charge is 2.25. The van der Waals surface area contributed by atoms with E-state index in [9.17, 15) is 14.0 Å². The van der Waals surface area contributed by atoms with Gasteiger partial charge in [0, 0.05) is 51.9 Å². The summed E-state index contributed by atoms with van der Waals surface area (Å²) in [5.41, 5.74) is 0.635. The van der Waals surface area contributed by atoms with Gasteiger partial charge in [0.1, 0.15) is 5.82 Å². The van der Waals surface area contributed by atoms with Gasteiger partial charge in [-0.15, -0.1) is 0 Å². The molecule has 30 heavy (non-hydrogen) atoms. The monoisotopic (exact) mass is 414 g/mol. The van der Waals surface area contributed by atoms with Crippen molar-refractivity contribution in [2.45, 2.75) is 26.9 Å². The molecule has 4 rings (SSSR count). The van der Waals surface area contributed by atoms with Crippen LogP contribution in [0, 0.1) is 11.7 Å². The van der Waals surface area contributed by atoms with Crippen molar-refractivity contribution in [2.75, 3.05) is 31.1 Å². The molecule has 1 N–H and O–H groups in total. The Morgan fingerprint density at radius 3 is 2.50 bits per heavy atom. The highest BCUT2D eigenvalue weighted by Crippen LogP contribution is 2.23. The van der Waals surface area contributed by atoms with E-state index in [1.807, 2.05) is 16.7 Å². The zero-order valence-corrected chi connectivity index (χ0v) is 17.6. The molecule has 0 radical (unpaired) electrons. The summed E-state index contributed by atoms with van der Waals surface area (Å²) in [6.45, 7) is 8.29. The molecule has 1 aliphatic rings. The molecule has 3 aromatic rings. The summed E-state index contributed by atoms with van der Waals surface area (Å²) < 4.78 is 17.3. The van der Waals surface area contributed by atoms with Crippen LogP contribution in [-0.4, -0.2) is 50.2 Å². The van der Waals surface area contributed by atoms with E-state index in [1.165, 1.54) is 10.6 Å². The van der Waals surface area contributed by atoms with Gasteiger partial charge in [0.15, 0.2) is 11.2 Å². The van der Waals surface area contributed by atoms with Crippen molar-refractivity contribution in [2.24, 2.45) is 13.0 Å². The Kier molecular flexibility index (Phi) is 5.46. The molecule has 1 aromatic carbocycles. The van der Waals surface area contributed by atoms with Crippen LogP contribution in [0.3, 0.4) is 0 Å². The molecule has 0 amide bonds. The molecule has 1 aliphatic heterocycles. The molecule has 0 spiro atoms. The molecule has 3 heterocycles. The molecule has 0 unspecified atom stereocenters. The Labute approximate surface area is 173 Å². The minimum absolute atomic E-state index is 0.182. The number of aromatic nitrogens is 4. The predicted octanol–water partition coefficient (Wildman–Crippen LogP) is 1.54. The summed E-state index contributed by atoms with van der Waals surface area (Å²) in [4.78, 5) is 36.0. The minimum atomic E-state index is -0.469. The Bertz CT molecular complexity index is 1170. The molecule has 0 aliphatic carbocycles. The number of H-pyrrole nitrogens is 1. The normalized spacial score (nSPS) is 15.4. The lowest BCUT2D eigenvalue weighted by Gasteiger charge is -2.35. The number of aromatic amines is 1. The first-order chi connectivity index (χ1) is 14.3. The zero-order chi connectivity index (χ0) is 21.4. The number of hydrogen-bond donors (Lipinski definition) is 1. The average Bonchev–Trinajstić information content (AvgIpc) is 3.08. The number of anilines is 1. The average molecular weight is 414 g/mol. The fourth-order valence-corrected chi connectivity index (χ4v) is 3.98. The van der Waals surface area contributed by atoms with E-state index in [-0.39, 0.29) is 5.82 Å². The van der Waals surface area contributed by atoms with E-state index < -0.39 is 11.2 Å². The third kappa shape index (κ3) is 3.77. The van der Waals surface area contributed by atoms with Crippen LogP contribution in [0.4, 0.5) is 10.3 Å². The highest BCUT2D eigenvalue weighted by atomic mass is 19.1. The van der Waals surface area contributed by atoms with Crippen molar-refractivity contribution >= 4 is 17.1 Å². The molecule has 1 fully saturated rings. The summed E-state index contributed by atoms with van der Waals surface area (Å²) in [5, 5.41) is 0. The zero-order valence-electron chi connectivity index (χ0n) is 17.6. The van der Waals surface area contributed by atoms with Crippen molar-refractivity contribution < 1.29 is 4.39 Å². The maximum absolute atomic E-state index is 14.0. The molecule has 1 saturated heterocycles. The Hall–Kier alpha value is -2.94. The van der Waals surface area contributed by atoms with Crippen molar-refractivity contribution in [3.8, 4) is 0 Å². The van der Waals surface area contributed by atoms with Crippen molar-refractivity contribution in [1.82, 2.24) is 24.0 Å². The molecular weight excluding hydrogens is 387 g/mol. The van der Waals surface area contributed by atoms with Crippen LogP contribution >= 0.6 is 0 Å². The second kappa shape index (κ2) is 8.06. The van der Waals surface area contributed by atoms with E-state index in [1.54, 1.807) is 13.1 Å². The third-order valence-corrected chi connectivity index (χ3v) is 5.54. The topological polar surface area (TPSA) is 79.2 Å². The van der Waals surface area contributed by atoms with Gasteiger partial charge in [-0.25, -0.2) is 9.18 Å². The number of piperazine rings is 1. The smallest absolute Gasteiger partial charge is 0.329 e. The van der Waals surface area contributed by atoms with Gasteiger partial charge in [-0.05, 0) is 12.0 Å². The molecule has 160 valence electrons. The SMILES string of the molecule is CC(C)Cn1c(N2CCN(Cc3ccccc3F)CC2)nc2c1c(=O)[nH]c(=O)n2C. The Morgan fingerprint density at radius 1 is 1.13 bits per heavy atom. The van der Waals surface area contributed by atoms with Crippen LogP contribution in [0.5, 0.6) is 0 Å². The molecule has 8 nitrogen and oxygen atoms in total. The first kappa shape index (κ1) is 20.3. The van der Waals surface area contributed by atoms with E-state index in [0.29, 0.717) is 54.8 Å². The second-order valence-electron chi connectivity index (χ2n) is 8.26. The van der Waals surface area contributed by atoms with Crippen LogP contribution in [-0.2, 0) is 20.1 Å². The fraction of sp³-hybridized carbons (Fsp3) is 0.476. The van der Waals surface area contributed by atoms with Gasteiger partial charge in [-0.3, -0.25) is 19.2 Å². The minimum Gasteiger partial charge on any atom is -0.340 e. The lowest BCUT2D eigenvalue weighted by atomic mass is 10.2. The molecule has 9 heteroatoms. The van der Waals surface area contributed by atoms with Gasteiger partial charge in [-0.2, -0.15) is 4.98 Å². The van der Waals surface area contributed by atoms with Crippen LogP contribution in [0.1, 0.15) is 19.4 Å². The number of hydrogen-bond acceptors (Lipinski definition) is 5. The number of nitrogens with one attached hydrogen (secondary N) is 1. The van der Waals surface area contributed by atoms with Crippen LogP contribution < -0.4 is 16.1 Å². The summed E-state index contributed by atoms with van der Waals surface area (Å²) in [7, 11) is 1.61. The van der Waals surface area contributed by atoms with Crippen molar-refractivity contribution in [1.29, 1.82) is 0 Å². The first-order valence-electron chi connectivity index (χ1n) is 10.3. The van der Waals surface area contributed by atoms with Crippen molar-refractivity contribution in [3.63, 3.8) is 0 Å². The lowest BCUT2D eigenvalue weighted by molar-refractivity contribution is 0.244. The predicted molar refractivity (Wildman–Crippen MR) is 114 cm³/mol. The maximum Gasteiger partial charge on any atom is 0.329 e. The lowest BCUT2D eigenvalue weighted by Crippen LogP contribution is -2.47. The number of imidazole rings is 1. The van der Waals surface area contributed by atoms with Crippen LogP contribution in [0.25, 0.3) is 11.2 Å². The summed E-state index contributed by atoms with van der Waals surface area (Å²) in [5.74, 6) is 0.829. The Morgan fingerprint density at radius 2 is 1.83 bits per heavy atom. The first-order valence-corrected chi connectivity index (χ1v) is 10.3. The number of rotatable bonds is 5. The van der Waals surface area contributed by atoms with E-state index in [0.717, 1.165) is 13.1 Å². The number of benzene rings is 1. The van der Waals surface area contributed by atoms with Gasteiger partial charge in [0.2, 0.25) is 5.95 Å². The molecule has 0 bridgehead atoms. The molecule has 2 aromatic heterocycles. The van der Waals surface area contributed by atoms with E-state index in [2.05, 4.69) is 33.6 Å². The number of halogens is 1. The van der Waals surface area contributed by atoms with Gasteiger partial charge in [0.05, 0.1) is 0 Å². The summed E-state index contributed by atoms with van der Waals surface area (Å²) >= 11 is 0. The third-order valence-electron chi connectivity index (χ3n) is 5.54. The highest BCUT2D eigenvalue weighted by molar-refractivity contribution is 5.74. The molecule has 0 atom stereocenters. The quantitative estimate of drug-likeness (QED) is 0.685.